The maximum atomic E-state index is 13.8. The summed E-state index contributed by atoms with van der Waals surface area (Å²) in [5.41, 5.74) is 0.596. The Hall–Kier alpha value is -4.02. The molecule has 6 nitrogen and oxygen atoms in total. The van der Waals surface area contributed by atoms with Crippen molar-refractivity contribution in [3.8, 4) is 11.3 Å². The minimum absolute atomic E-state index is 0.102. The van der Waals surface area contributed by atoms with Gasteiger partial charge in [-0.25, -0.2) is 22.0 Å². The highest BCUT2D eigenvalue weighted by Gasteiger charge is 2.20. The number of carbonyl (C=O) groups excluding carboxylic acids is 1. The molecule has 1 amide bonds. The minimum Gasteiger partial charge on any atom is -0.318 e. The zero-order chi connectivity index (χ0) is 22.1. The number of anilines is 1. The van der Waals surface area contributed by atoms with Gasteiger partial charge in [0, 0.05) is 23.4 Å². The number of aromatic nitrogens is 4. The summed E-state index contributed by atoms with van der Waals surface area (Å²) in [6.07, 6.45) is 2.47. The number of carbonyl (C=O) groups is 1. The molecule has 2 aromatic heterocycles. The molecule has 4 rings (SSSR count). The molecule has 158 valence electrons. The summed E-state index contributed by atoms with van der Waals surface area (Å²) in [4.78, 5) is 12.4. The van der Waals surface area contributed by atoms with Crippen LogP contribution < -0.4 is 5.32 Å². The van der Waals surface area contributed by atoms with Crippen molar-refractivity contribution in [2.75, 3.05) is 5.32 Å². The first-order valence-corrected chi connectivity index (χ1v) is 8.79. The predicted molar refractivity (Wildman–Crippen MR) is 99.5 cm³/mol. The zero-order valence-electron chi connectivity index (χ0n) is 15.5. The van der Waals surface area contributed by atoms with Crippen LogP contribution in [0.15, 0.2) is 48.8 Å². The molecule has 2 heterocycles. The molecule has 2 aromatic carbocycles. The van der Waals surface area contributed by atoms with Gasteiger partial charge >= 0.3 is 0 Å². The molecule has 0 aliphatic carbocycles. The Morgan fingerprint density at radius 3 is 2.48 bits per heavy atom. The van der Waals surface area contributed by atoms with Gasteiger partial charge in [-0.1, -0.05) is 0 Å². The number of rotatable bonds is 5. The van der Waals surface area contributed by atoms with E-state index >= 15 is 0 Å². The van der Waals surface area contributed by atoms with E-state index in [1.54, 1.807) is 0 Å². The van der Waals surface area contributed by atoms with E-state index in [1.165, 1.54) is 42.7 Å². The van der Waals surface area contributed by atoms with Crippen molar-refractivity contribution in [1.82, 2.24) is 20.0 Å². The number of benzene rings is 2. The molecule has 2 N–H and O–H groups in total. The fraction of sp³-hybridized carbons (Fsp3) is 0.0500. The van der Waals surface area contributed by atoms with E-state index in [9.17, 15) is 26.7 Å². The standard InChI is InChI=1S/C20H12F5N5O/c21-11-3-1-10(2-4-11)16-6-17(29-28-16)20(31)27-12-7-26-30(8-12)9-13-14(22)5-15(23)19(25)18(13)24/h1-8H,9H2,(H,27,31)(H,28,29). The van der Waals surface area contributed by atoms with Gasteiger partial charge in [0.1, 0.15) is 17.3 Å². The molecule has 0 saturated heterocycles. The second-order valence-electron chi connectivity index (χ2n) is 6.50. The molecule has 0 radical (unpaired) electrons. The Bertz CT molecular complexity index is 1270. The predicted octanol–water partition coefficient (Wildman–Crippen LogP) is 4.27. The second kappa shape index (κ2) is 8.01. The molecule has 4 aromatic rings. The molecule has 0 unspecified atom stereocenters. The third-order valence-corrected chi connectivity index (χ3v) is 4.38. The van der Waals surface area contributed by atoms with E-state index < -0.39 is 47.1 Å². The Kier molecular flexibility index (Phi) is 5.24. The highest BCUT2D eigenvalue weighted by molar-refractivity contribution is 6.03. The van der Waals surface area contributed by atoms with Crippen molar-refractivity contribution in [2.45, 2.75) is 6.54 Å². The molecular weight excluding hydrogens is 421 g/mol. The molecule has 0 spiro atoms. The number of amides is 1. The number of hydrogen-bond acceptors (Lipinski definition) is 3. The quantitative estimate of drug-likeness (QED) is 0.280. The largest absolute Gasteiger partial charge is 0.318 e. The normalized spacial score (nSPS) is 11.0. The fourth-order valence-corrected chi connectivity index (χ4v) is 2.83. The molecule has 11 heteroatoms. The summed E-state index contributed by atoms with van der Waals surface area (Å²) in [7, 11) is 0. The minimum atomic E-state index is -1.78. The van der Waals surface area contributed by atoms with E-state index in [0.29, 0.717) is 11.3 Å². The van der Waals surface area contributed by atoms with Crippen molar-refractivity contribution in [3.05, 3.63) is 89.1 Å². The summed E-state index contributed by atoms with van der Waals surface area (Å²) in [6.45, 7) is -0.524. The topological polar surface area (TPSA) is 75.6 Å². The van der Waals surface area contributed by atoms with Crippen LogP contribution in [-0.2, 0) is 6.54 Å². The monoisotopic (exact) mass is 433 g/mol. The summed E-state index contributed by atoms with van der Waals surface area (Å²) in [6, 6.07) is 7.24. The zero-order valence-corrected chi connectivity index (χ0v) is 15.5. The first-order valence-electron chi connectivity index (χ1n) is 8.79. The molecule has 0 fully saturated rings. The third kappa shape index (κ3) is 4.15. The van der Waals surface area contributed by atoms with E-state index in [-0.39, 0.29) is 17.4 Å². The van der Waals surface area contributed by atoms with Crippen molar-refractivity contribution >= 4 is 11.6 Å². The lowest BCUT2D eigenvalue weighted by molar-refractivity contribution is 0.102. The van der Waals surface area contributed by atoms with Crippen LogP contribution in [0.2, 0.25) is 0 Å². The van der Waals surface area contributed by atoms with E-state index in [0.717, 1.165) is 4.68 Å². The fourth-order valence-electron chi connectivity index (χ4n) is 2.83. The molecule has 31 heavy (non-hydrogen) atoms. The SMILES string of the molecule is O=C(Nc1cnn(Cc2c(F)cc(F)c(F)c2F)c1)c1cc(-c2ccc(F)cc2)n[nH]1. The van der Waals surface area contributed by atoms with Crippen LogP contribution in [0.3, 0.4) is 0 Å². The molecule has 0 aliphatic heterocycles. The van der Waals surface area contributed by atoms with Gasteiger partial charge in [-0.3, -0.25) is 14.6 Å². The van der Waals surface area contributed by atoms with Crippen LogP contribution in [0.25, 0.3) is 11.3 Å². The number of aromatic amines is 1. The van der Waals surface area contributed by atoms with Gasteiger partial charge in [-0.05, 0) is 30.3 Å². The number of nitrogens with zero attached hydrogens (tertiary/aromatic N) is 3. The van der Waals surface area contributed by atoms with Gasteiger partial charge in [0.25, 0.3) is 5.91 Å². The van der Waals surface area contributed by atoms with Crippen molar-refractivity contribution in [3.63, 3.8) is 0 Å². The molecule has 0 bridgehead atoms. The number of H-pyrrole nitrogens is 1. The van der Waals surface area contributed by atoms with Crippen molar-refractivity contribution in [2.24, 2.45) is 0 Å². The van der Waals surface area contributed by atoms with Crippen molar-refractivity contribution in [1.29, 1.82) is 0 Å². The highest BCUT2D eigenvalue weighted by Crippen LogP contribution is 2.21. The van der Waals surface area contributed by atoms with Crippen molar-refractivity contribution < 1.29 is 26.7 Å². The van der Waals surface area contributed by atoms with Crippen LogP contribution in [0, 0.1) is 29.1 Å². The highest BCUT2D eigenvalue weighted by atomic mass is 19.2. The van der Waals surface area contributed by atoms with Crippen LogP contribution in [-0.4, -0.2) is 25.9 Å². The van der Waals surface area contributed by atoms with Crippen LogP contribution in [0.1, 0.15) is 16.1 Å². The first kappa shape index (κ1) is 20.3. The van der Waals surface area contributed by atoms with Gasteiger partial charge in [0.15, 0.2) is 17.5 Å². The Balaban J connectivity index is 1.47. The average molecular weight is 433 g/mol. The van der Waals surface area contributed by atoms with E-state index in [1.807, 2.05) is 0 Å². The van der Waals surface area contributed by atoms with Gasteiger partial charge < -0.3 is 5.32 Å². The smallest absolute Gasteiger partial charge is 0.273 e. The van der Waals surface area contributed by atoms with Gasteiger partial charge in [0.05, 0.1) is 24.1 Å². The number of nitrogens with one attached hydrogen (secondary N) is 2. The summed E-state index contributed by atoms with van der Waals surface area (Å²) >= 11 is 0. The molecule has 0 saturated carbocycles. The van der Waals surface area contributed by atoms with E-state index in [4.69, 9.17) is 0 Å². The van der Waals surface area contributed by atoms with Gasteiger partial charge in [-0.15, -0.1) is 0 Å². The average Bonchev–Trinajstić information content (AvgIpc) is 3.40. The Morgan fingerprint density at radius 2 is 1.74 bits per heavy atom. The number of hydrogen-bond donors (Lipinski definition) is 2. The second-order valence-corrected chi connectivity index (χ2v) is 6.50. The Labute approximate surface area is 171 Å². The molecular formula is C20H12F5N5O. The van der Waals surface area contributed by atoms with E-state index in [2.05, 4.69) is 20.6 Å². The van der Waals surface area contributed by atoms with Crippen LogP contribution in [0.4, 0.5) is 27.6 Å². The maximum absolute atomic E-state index is 13.8. The number of halogens is 5. The van der Waals surface area contributed by atoms with Crippen LogP contribution >= 0.6 is 0 Å². The van der Waals surface area contributed by atoms with Gasteiger partial charge in [-0.2, -0.15) is 10.2 Å². The lowest BCUT2D eigenvalue weighted by Crippen LogP contribution is -2.12. The summed E-state index contributed by atoms with van der Waals surface area (Å²) in [5.74, 6) is -7.31. The molecule has 0 aliphatic rings. The molecule has 0 atom stereocenters. The van der Waals surface area contributed by atoms with Crippen LogP contribution in [0.5, 0.6) is 0 Å². The lowest BCUT2D eigenvalue weighted by atomic mass is 10.1. The Morgan fingerprint density at radius 1 is 1.00 bits per heavy atom. The maximum Gasteiger partial charge on any atom is 0.273 e. The lowest BCUT2D eigenvalue weighted by Gasteiger charge is -2.06. The summed E-state index contributed by atoms with van der Waals surface area (Å²) < 4.78 is 68.1. The summed E-state index contributed by atoms with van der Waals surface area (Å²) in [5, 5.41) is 12.9. The third-order valence-electron chi connectivity index (χ3n) is 4.38. The van der Waals surface area contributed by atoms with Gasteiger partial charge in [0.2, 0.25) is 0 Å². The first-order chi connectivity index (χ1) is 14.8.